The summed E-state index contributed by atoms with van der Waals surface area (Å²) >= 11 is 0. The Bertz CT molecular complexity index is 159. The van der Waals surface area contributed by atoms with E-state index in [1.54, 1.807) is 14.2 Å². The molecule has 0 bridgehead atoms. The Kier molecular flexibility index (Phi) is 10.8. The van der Waals surface area contributed by atoms with E-state index in [2.05, 4.69) is 4.90 Å². The van der Waals surface area contributed by atoms with Crippen LogP contribution in [0.5, 0.6) is 0 Å². The SMILES string of the molecule is COCCN(CCOC)C[C@@H](O)COC(C)C. The minimum absolute atomic E-state index is 0.149. The summed E-state index contributed by atoms with van der Waals surface area (Å²) in [5, 5.41) is 9.82. The van der Waals surface area contributed by atoms with E-state index in [1.807, 2.05) is 13.8 Å². The number of ether oxygens (including phenoxy) is 3. The fraction of sp³-hybridized carbons (Fsp3) is 1.00. The molecule has 17 heavy (non-hydrogen) atoms. The van der Waals surface area contributed by atoms with Gasteiger partial charge in [0, 0.05) is 33.9 Å². The van der Waals surface area contributed by atoms with Crippen LogP contribution in [0.25, 0.3) is 0 Å². The molecule has 0 rings (SSSR count). The minimum Gasteiger partial charge on any atom is -0.389 e. The Hall–Kier alpha value is -0.200. The summed E-state index contributed by atoms with van der Waals surface area (Å²) in [6, 6.07) is 0. The number of aliphatic hydroxyl groups excluding tert-OH is 1. The quantitative estimate of drug-likeness (QED) is 0.573. The Labute approximate surface area is 105 Å². The molecule has 0 saturated heterocycles. The Morgan fingerprint density at radius 1 is 1.06 bits per heavy atom. The van der Waals surface area contributed by atoms with Crippen molar-refractivity contribution in [3.63, 3.8) is 0 Å². The van der Waals surface area contributed by atoms with Gasteiger partial charge in [-0.15, -0.1) is 0 Å². The highest BCUT2D eigenvalue weighted by molar-refractivity contribution is 4.64. The van der Waals surface area contributed by atoms with Crippen molar-refractivity contribution in [2.45, 2.75) is 26.1 Å². The van der Waals surface area contributed by atoms with Crippen molar-refractivity contribution in [2.75, 3.05) is 53.7 Å². The molecule has 0 radical (unpaired) electrons. The monoisotopic (exact) mass is 249 g/mol. The first kappa shape index (κ1) is 16.8. The van der Waals surface area contributed by atoms with E-state index in [9.17, 15) is 5.11 Å². The second kappa shape index (κ2) is 10.9. The number of hydrogen-bond donors (Lipinski definition) is 1. The highest BCUT2D eigenvalue weighted by Gasteiger charge is 2.12. The van der Waals surface area contributed by atoms with Gasteiger partial charge in [0.05, 0.1) is 32.0 Å². The molecule has 0 aromatic rings. The van der Waals surface area contributed by atoms with E-state index >= 15 is 0 Å². The van der Waals surface area contributed by atoms with Crippen LogP contribution in [0.4, 0.5) is 0 Å². The summed E-state index contributed by atoms with van der Waals surface area (Å²) in [5.74, 6) is 0. The summed E-state index contributed by atoms with van der Waals surface area (Å²) in [6.45, 7) is 7.76. The van der Waals surface area contributed by atoms with Gasteiger partial charge in [-0.3, -0.25) is 4.90 Å². The van der Waals surface area contributed by atoms with E-state index in [0.29, 0.717) is 26.4 Å². The van der Waals surface area contributed by atoms with Crippen molar-refractivity contribution in [1.82, 2.24) is 4.90 Å². The predicted octanol–water partition coefficient (Wildman–Crippen LogP) is 0.367. The molecule has 104 valence electrons. The first-order valence-corrected chi connectivity index (χ1v) is 6.10. The van der Waals surface area contributed by atoms with E-state index in [-0.39, 0.29) is 6.10 Å². The summed E-state index contributed by atoms with van der Waals surface area (Å²) in [6.07, 6.45) is -0.317. The molecule has 0 amide bonds. The van der Waals surface area contributed by atoms with Crippen LogP contribution in [0.3, 0.4) is 0 Å². The van der Waals surface area contributed by atoms with E-state index in [0.717, 1.165) is 13.1 Å². The molecule has 0 fully saturated rings. The molecule has 0 aliphatic heterocycles. The standard InChI is InChI=1S/C12H27NO4/c1-11(2)17-10-12(14)9-13(5-7-15-3)6-8-16-4/h11-12,14H,5-10H2,1-4H3/t12-/m1/s1. The molecule has 5 nitrogen and oxygen atoms in total. The molecule has 0 aliphatic carbocycles. The second-order valence-electron chi connectivity index (χ2n) is 4.32. The number of nitrogens with zero attached hydrogens (tertiary/aromatic N) is 1. The second-order valence-corrected chi connectivity index (χ2v) is 4.32. The van der Waals surface area contributed by atoms with Crippen LogP contribution < -0.4 is 0 Å². The van der Waals surface area contributed by atoms with E-state index in [4.69, 9.17) is 14.2 Å². The number of hydrogen-bond acceptors (Lipinski definition) is 5. The van der Waals surface area contributed by atoms with Crippen LogP contribution in [0.15, 0.2) is 0 Å². The molecule has 0 aromatic heterocycles. The fourth-order valence-electron chi connectivity index (χ4n) is 1.39. The zero-order chi connectivity index (χ0) is 13.1. The van der Waals surface area contributed by atoms with Gasteiger partial charge in [0.15, 0.2) is 0 Å². The smallest absolute Gasteiger partial charge is 0.0900 e. The molecule has 0 saturated carbocycles. The number of methoxy groups -OCH3 is 2. The summed E-state index contributed by atoms with van der Waals surface area (Å²) in [4.78, 5) is 2.11. The maximum atomic E-state index is 9.82. The van der Waals surface area contributed by atoms with Gasteiger partial charge < -0.3 is 19.3 Å². The van der Waals surface area contributed by atoms with Gasteiger partial charge in [0.25, 0.3) is 0 Å². The van der Waals surface area contributed by atoms with Crippen molar-refractivity contribution in [3.8, 4) is 0 Å². The topological polar surface area (TPSA) is 51.2 Å². The molecule has 0 spiro atoms. The zero-order valence-corrected chi connectivity index (χ0v) is 11.5. The van der Waals surface area contributed by atoms with Gasteiger partial charge in [-0.05, 0) is 13.8 Å². The lowest BCUT2D eigenvalue weighted by atomic mass is 10.3. The first-order valence-electron chi connectivity index (χ1n) is 6.10. The predicted molar refractivity (Wildman–Crippen MR) is 67.3 cm³/mol. The van der Waals surface area contributed by atoms with Gasteiger partial charge in [-0.1, -0.05) is 0 Å². The first-order chi connectivity index (χ1) is 8.10. The molecule has 1 atom stereocenters. The fourth-order valence-corrected chi connectivity index (χ4v) is 1.39. The van der Waals surface area contributed by atoms with Crippen LogP contribution in [0.2, 0.25) is 0 Å². The molecule has 0 aromatic carbocycles. The Morgan fingerprint density at radius 2 is 1.59 bits per heavy atom. The summed E-state index contributed by atoms with van der Waals surface area (Å²) in [5.41, 5.74) is 0. The van der Waals surface area contributed by atoms with Crippen molar-refractivity contribution in [2.24, 2.45) is 0 Å². The molecule has 0 unspecified atom stereocenters. The number of aliphatic hydroxyl groups is 1. The lowest BCUT2D eigenvalue weighted by Crippen LogP contribution is -2.39. The third kappa shape index (κ3) is 10.7. The maximum Gasteiger partial charge on any atom is 0.0900 e. The zero-order valence-electron chi connectivity index (χ0n) is 11.5. The van der Waals surface area contributed by atoms with Crippen molar-refractivity contribution in [3.05, 3.63) is 0 Å². The van der Waals surface area contributed by atoms with Crippen LogP contribution in [-0.2, 0) is 14.2 Å². The Morgan fingerprint density at radius 3 is 2.00 bits per heavy atom. The molecular formula is C12H27NO4. The van der Waals surface area contributed by atoms with Crippen molar-refractivity contribution < 1.29 is 19.3 Å². The van der Waals surface area contributed by atoms with Gasteiger partial charge in [-0.25, -0.2) is 0 Å². The summed E-state index contributed by atoms with van der Waals surface area (Å²) < 4.78 is 15.4. The molecular weight excluding hydrogens is 222 g/mol. The minimum atomic E-state index is -0.467. The number of rotatable bonds is 11. The highest BCUT2D eigenvalue weighted by atomic mass is 16.5. The van der Waals surface area contributed by atoms with Gasteiger partial charge in [-0.2, -0.15) is 0 Å². The van der Waals surface area contributed by atoms with Gasteiger partial charge in [0.1, 0.15) is 0 Å². The maximum absolute atomic E-state index is 9.82. The van der Waals surface area contributed by atoms with Gasteiger partial charge >= 0.3 is 0 Å². The third-order valence-electron chi connectivity index (χ3n) is 2.31. The lowest BCUT2D eigenvalue weighted by molar-refractivity contribution is -0.0136. The molecule has 5 heteroatoms. The highest BCUT2D eigenvalue weighted by Crippen LogP contribution is 1.97. The molecule has 1 N–H and O–H groups in total. The van der Waals surface area contributed by atoms with E-state index in [1.165, 1.54) is 0 Å². The normalized spacial score (nSPS) is 13.6. The largest absolute Gasteiger partial charge is 0.389 e. The van der Waals surface area contributed by atoms with Gasteiger partial charge in [0.2, 0.25) is 0 Å². The average molecular weight is 249 g/mol. The lowest BCUT2D eigenvalue weighted by Gasteiger charge is -2.24. The van der Waals surface area contributed by atoms with Crippen molar-refractivity contribution >= 4 is 0 Å². The third-order valence-corrected chi connectivity index (χ3v) is 2.31. The summed E-state index contributed by atoms with van der Waals surface area (Å²) in [7, 11) is 3.35. The van der Waals surface area contributed by atoms with Crippen LogP contribution in [0.1, 0.15) is 13.8 Å². The van der Waals surface area contributed by atoms with Crippen molar-refractivity contribution in [1.29, 1.82) is 0 Å². The molecule has 0 aliphatic rings. The Balaban J connectivity index is 3.84. The van der Waals surface area contributed by atoms with Crippen LogP contribution in [0, 0.1) is 0 Å². The molecule has 0 heterocycles. The van der Waals surface area contributed by atoms with Crippen LogP contribution >= 0.6 is 0 Å². The van der Waals surface area contributed by atoms with Crippen LogP contribution in [-0.4, -0.2) is 75.9 Å². The van der Waals surface area contributed by atoms with E-state index < -0.39 is 6.10 Å². The average Bonchev–Trinajstić information content (AvgIpc) is 2.30.